The molecule has 0 spiro atoms. The molecular weight excluding hydrogens is 502 g/mol. The number of hydrogen-bond donors (Lipinski definition) is 4. The van der Waals surface area contributed by atoms with Gasteiger partial charge in [0.1, 0.15) is 23.9 Å². The van der Waals surface area contributed by atoms with Crippen molar-refractivity contribution in [2.24, 2.45) is 11.1 Å². The average Bonchev–Trinajstić information content (AvgIpc) is 3.40. The zero-order valence-corrected chi connectivity index (χ0v) is 19.3. The topological polar surface area (TPSA) is 183 Å². The number of aliphatic hydroxyl groups is 2. The predicted molar refractivity (Wildman–Crippen MR) is 120 cm³/mol. The van der Waals surface area contributed by atoms with E-state index in [1.54, 1.807) is 0 Å². The van der Waals surface area contributed by atoms with E-state index < -0.39 is 58.5 Å². The fourth-order valence-corrected chi connectivity index (χ4v) is 4.30. The van der Waals surface area contributed by atoms with Gasteiger partial charge >= 0.3 is 10.3 Å². The summed E-state index contributed by atoms with van der Waals surface area (Å²) in [5, 5.41) is 32.6. The molecule has 1 fully saturated rings. The Morgan fingerprint density at radius 2 is 2.00 bits per heavy atom. The lowest BCUT2D eigenvalue weighted by Gasteiger charge is -2.19. The van der Waals surface area contributed by atoms with Crippen molar-refractivity contribution in [1.29, 1.82) is 0 Å². The van der Waals surface area contributed by atoms with Crippen LogP contribution in [0.3, 0.4) is 0 Å². The molecule has 5 N–H and O–H groups in total. The Morgan fingerprint density at radius 1 is 1.22 bits per heavy atom. The van der Waals surface area contributed by atoms with Crippen molar-refractivity contribution in [1.82, 2.24) is 19.7 Å². The highest BCUT2D eigenvalue weighted by molar-refractivity contribution is 7.84. The highest BCUT2D eigenvalue weighted by atomic mass is 32.2. The van der Waals surface area contributed by atoms with E-state index in [0.29, 0.717) is 5.56 Å². The number of carbonyl (C=O) groups excluding carboxylic acids is 1. The van der Waals surface area contributed by atoms with Crippen LogP contribution in [0.25, 0.3) is 0 Å². The maximum Gasteiger partial charge on any atom is 0.333 e. The largest absolute Gasteiger partial charge is 0.390 e. The highest BCUT2D eigenvalue weighted by Gasteiger charge is 2.42. The normalized spacial score (nSPS) is 22.0. The molecule has 0 saturated heterocycles. The van der Waals surface area contributed by atoms with Gasteiger partial charge in [0.15, 0.2) is 11.6 Å². The highest BCUT2D eigenvalue weighted by Crippen LogP contribution is 2.30. The van der Waals surface area contributed by atoms with E-state index in [9.17, 15) is 32.2 Å². The molecule has 1 aliphatic rings. The third-order valence-corrected chi connectivity index (χ3v) is 6.19. The van der Waals surface area contributed by atoms with Gasteiger partial charge in [-0.25, -0.2) is 23.9 Å². The molecule has 3 aromatic rings. The number of nitrogens with zero attached hydrogens (tertiary/aromatic N) is 4. The summed E-state index contributed by atoms with van der Waals surface area (Å²) in [7, 11) is -4.22. The first-order chi connectivity index (χ1) is 17.0. The summed E-state index contributed by atoms with van der Waals surface area (Å²) < 4.78 is 54.6. The SMILES string of the molecule is NS(=O)(=O)OC[C@H]1C[C@@H](Nc2ncncc2C(=O)c2ccn(Cc3ccc(F)c(F)c3)n2)[C@H](O)[C@@H]1O. The molecule has 2 heterocycles. The number of rotatable bonds is 9. The van der Waals surface area contributed by atoms with Crippen LogP contribution in [0.4, 0.5) is 14.6 Å². The van der Waals surface area contributed by atoms with Gasteiger partial charge in [-0.05, 0) is 30.2 Å². The van der Waals surface area contributed by atoms with E-state index in [2.05, 4.69) is 24.6 Å². The zero-order valence-electron chi connectivity index (χ0n) is 18.5. The first-order valence-corrected chi connectivity index (χ1v) is 12.1. The van der Waals surface area contributed by atoms with E-state index in [1.807, 2.05) is 0 Å². The Bertz CT molecular complexity index is 1370. The van der Waals surface area contributed by atoms with Crippen LogP contribution in [0, 0.1) is 17.6 Å². The van der Waals surface area contributed by atoms with Crippen LogP contribution in [0.1, 0.15) is 28.0 Å². The Balaban J connectivity index is 1.47. The minimum Gasteiger partial charge on any atom is -0.390 e. The second kappa shape index (κ2) is 10.3. The molecule has 15 heteroatoms. The second-order valence-electron chi connectivity index (χ2n) is 8.27. The fourth-order valence-electron chi connectivity index (χ4n) is 3.94. The van der Waals surface area contributed by atoms with Gasteiger partial charge in [0, 0.05) is 18.3 Å². The molecule has 192 valence electrons. The number of benzene rings is 1. The lowest BCUT2D eigenvalue weighted by atomic mass is 10.1. The van der Waals surface area contributed by atoms with Gasteiger partial charge in [-0.2, -0.15) is 13.5 Å². The van der Waals surface area contributed by atoms with Crippen LogP contribution in [0.2, 0.25) is 0 Å². The standard InChI is InChI=1S/C21H22F2N6O6S/c22-14-2-1-11(5-15(14)23)8-29-4-3-16(28-29)19(31)13-7-25-10-26-21(13)27-17-6-12(18(30)20(17)32)9-35-36(24,33)34/h1-5,7,10,12,17-18,20,30,32H,6,8-9H2,(H2,24,33,34)(H,25,26,27)/t12-,17-,18-,20+/m1/s1. The van der Waals surface area contributed by atoms with E-state index >= 15 is 0 Å². The molecule has 1 aromatic carbocycles. The molecule has 4 atom stereocenters. The van der Waals surface area contributed by atoms with Crippen molar-refractivity contribution in [3.8, 4) is 0 Å². The molecular formula is C21H22F2N6O6S. The van der Waals surface area contributed by atoms with Crippen LogP contribution < -0.4 is 10.5 Å². The van der Waals surface area contributed by atoms with E-state index in [1.165, 1.54) is 35.5 Å². The molecule has 2 aromatic heterocycles. The molecule has 4 rings (SSSR count). The molecule has 0 amide bonds. The third kappa shape index (κ3) is 5.88. The molecule has 36 heavy (non-hydrogen) atoms. The Kier molecular flexibility index (Phi) is 7.37. The van der Waals surface area contributed by atoms with Gasteiger partial charge < -0.3 is 15.5 Å². The number of ketones is 1. The van der Waals surface area contributed by atoms with Crippen LogP contribution in [-0.4, -0.2) is 69.0 Å². The number of halogens is 2. The minimum atomic E-state index is -4.22. The number of nitrogens with one attached hydrogen (secondary N) is 1. The van der Waals surface area contributed by atoms with Crippen molar-refractivity contribution in [3.05, 3.63) is 71.4 Å². The number of anilines is 1. The zero-order chi connectivity index (χ0) is 26.0. The molecule has 0 aliphatic heterocycles. The Labute approximate surface area is 204 Å². The number of carbonyl (C=O) groups is 1. The van der Waals surface area contributed by atoms with Crippen molar-refractivity contribution in [2.45, 2.75) is 31.2 Å². The first kappa shape index (κ1) is 25.7. The van der Waals surface area contributed by atoms with E-state index in [-0.39, 0.29) is 30.0 Å². The molecule has 12 nitrogen and oxygen atoms in total. The van der Waals surface area contributed by atoms with Crippen LogP contribution in [0.5, 0.6) is 0 Å². The maximum atomic E-state index is 13.5. The molecule has 0 radical (unpaired) electrons. The van der Waals surface area contributed by atoms with Gasteiger partial charge in [-0.15, -0.1) is 0 Å². The van der Waals surface area contributed by atoms with Gasteiger partial charge in [-0.1, -0.05) is 6.07 Å². The van der Waals surface area contributed by atoms with Gasteiger partial charge in [-0.3, -0.25) is 13.7 Å². The Morgan fingerprint density at radius 3 is 2.72 bits per heavy atom. The summed E-state index contributed by atoms with van der Waals surface area (Å²) >= 11 is 0. The third-order valence-electron chi connectivity index (χ3n) is 5.73. The number of hydrogen-bond acceptors (Lipinski definition) is 10. The van der Waals surface area contributed by atoms with E-state index in [4.69, 9.17) is 5.14 Å². The van der Waals surface area contributed by atoms with Crippen LogP contribution >= 0.6 is 0 Å². The summed E-state index contributed by atoms with van der Waals surface area (Å²) in [6, 6.07) is 4.08. The van der Waals surface area contributed by atoms with Crippen molar-refractivity contribution in [3.63, 3.8) is 0 Å². The summed E-state index contributed by atoms with van der Waals surface area (Å²) in [5.74, 6) is -3.20. The van der Waals surface area contributed by atoms with Gasteiger partial charge in [0.05, 0.1) is 30.9 Å². The second-order valence-corrected chi connectivity index (χ2v) is 9.49. The van der Waals surface area contributed by atoms with Crippen molar-refractivity contribution in [2.75, 3.05) is 11.9 Å². The average molecular weight is 525 g/mol. The Hall–Kier alpha value is -3.37. The molecule has 0 bridgehead atoms. The van der Waals surface area contributed by atoms with Crippen molar-refractivity contribution < 1.29 is 36.4 Å². The molecule has 1 saturated carbocycles. The monoisotopic (exact) mass is 524 g/mol. The quantitative estimate of drug-likeness (QED) is 0.277. The summed E-state index contributed by atoms with van der Waals surface area (Å²) in [5.41, 5.74) is 0.500. The number of nitrogens with two attached hydrogens (primary N) is 1. The predicted octanol–water partition coefficient (Wildman–Crippen LogP) is -0.0271. The van der Waals surface area contributed by atoms with Crippen LogP contribution in [0.15, 0.2) is 43.0 Å². The molecule has 1 aliphatic carbocycles. The summed E-state index contributed by atoms with van der Waals surface area (Å²) in [6.45, 7) is -0.338. The summed E-state index contributed by atoms with van der Waals surface area (Å²) in [4.78, 5) is 21.0. The van der Waals surface area contributed by atoms with E-state index in [0.717, 1.165) is 12.1 Å². The lowest BCUT2D eigenvalue weighted by molar-refractivity contribution is 0.00778. The van der Waals surface area contributed by atoms with Gasteiger partial charge in [0.2, 0.25) is 5.78 Å². The lowest BCUT2D eigenvalue weighted by Crippen LogP contribution is -2.36. The van der Waals surface area contributed by atoms with Gasteiger partial charge in [0.25, 0.3) is 0 Å². The molecule has 0 unspecified atom stereocenters. The van der Waals surface area contributed by atoms with Crippen molar-refractivity contribution >= 4 is 21.9 Å². The first-order valence-electron chi connectivity index (χ1n) is 10.6. The minimum absolute atomic E-state index is 0.0292. The number of aromatic nitrogens is 4. The number of aliphatic hydroxyl groups excluding tert-OH is 2. The smallest absolute Gasteiger partial charge is 0.333 e. The van der Waals surface area contributed by atoms with Crippen LogP contribution in [-0.2, 0) is 21.0 Å². The maximum absolute atomic E-state index is 13.5. The fraction of sp³-hybridized carbons (Fsp3) is 0.333. The summed E-state index contributed by atoms with van der Waals surface area (Å²) in [6.07, 6.45) is 1.41.